The lowest BCUT2D eigenvalue weighted by Crippen LogP contribution is -2.35. The number of hydrogen-bond donors (Lipinski definition) is 1. The highest BCUT2D eigenvalue weighted by atomic mass is 19.1. The number of methoxy groups -OCH3 is 1. The molecule has 0 radical (unpaired) electrons. The Hall–Kier alpha value is -4.07. The molecule has 0 fully saturated rings. The lowest BCUT2D eigenvalue weighted by molar-refractivity contribution is 0.0964. The van der Waals surface area contributed by atoms with Crippen LogP contribution >= 0.6 is 0 Å². The van der Waals surface area contributed by atoms with E-state index in [0.717, 1.165) is 33.0 Å². The molecule has 0 unspecified atom stereocenters. The molecular weight excluding hydrogens is 418 g/mol. The zero-order valence-electron chi connectivity index (χ0n) is 17.0. The number of aromatic nitrogens is 2. The monoisotopic (exact) mass is 436 g/mol. The van der Waals surface area contributed by atoms with Crippen LogP contribution in [0.1, 0.15) is 21.6 Å². The van der Waals surface area contributed by atoms with E-state index in [2.05, 4.69) is 4.98 Å². The van der Waals surface area contributed by atoms with Crippen LogP contribution in [0.5, 0.6) is 5.75 Å². The van der Waals surface area contributed by atoms with Crippen LogP contribution in [0.3, 0.4) is 0 Å². The van der Waals surface area contributed by atoms with E-state index in [1.54, 1.807) is 0 Å². The Morgan fingerprint density at radius 2 is 1.78 bits per heavy atom. The minimum absolute atomic E-state index is 0.114. The average Bonchev–Trinajstić information content (AvgIpc) is 2.76. The third-order valence-electron chi connectivity index (χ3n) is 5.23. The first kappa shape index (κ1) is 21.2. The molecule has 8 heteroatoms. The Balaban J connectivity index is 1.83. The molecule has 1 aromatic heterocycles. The van der Waals surface area contributed by atoms with Crippen LogP contribution in [0.2, 0.25) is 0 Å². The molecule has 4 rings (SSSR count). The summed E-state index contributed by atoms with van der Waals surface area (Å²) in [6, 6.07) is 15.8. The molecule has 0 atom stereocenters. The molecule has 162 valence electrons. The van der Waals surface area contributed by atoms with Gasteiger partial charge in [0.05, 0.1) is 24.9 Å². The smallest absolute Gasteiger partial charge is 0.329 e. The van der Waals surface area contributed by atoms with Crippen LogP contribution in [-0.2, 0) is 13.0 Å². The lowest BCUT2D eigenvalue weighted by atomic mass is 10.00. The number of nitrogens with one attached hydrogen (secondary N) is 1. The quantitative estimate of drug-likeness (QED) is 0.470. The molecule has 0 bridgehead atoms. The number of Topliss-reactive ketones (excluding diaryl/α,β-unsaturated/α-hetero) is 1. The predicted octanol–water partition coefficient (Wildman–Crippen LogP) is 3.45. The summed E-state index contributed by atoms with van der Waals surface area (Å²) in [5.74, 6) is -2.73. The van der Waals surface area contributed by atoms with Crippen LogP contribution < -0.4 is 16.0 Å². The van der Waals surface area contributed by atoms with Gasteiger partial charge in [0, 0.05) is 12.5 Å². The molecule has 1 heterocycles. The summed E-state index contributed by atoms with van der Waals surface area (Å²) in [4.78, 5) is 39.9. The number of carbonyl (C=O) groups is 1. The van der Waals surface area contributed by atoms with Crippen LogP contribution in [0.15, 0.2) is 70.3 Å². The Labute approximate surface area is 180 Å². The summed E-state index contributed by atoms with van der Waals surface area (Å²) in [7, 11) is 1.29. The summed E-state index contributed by atoms with van der Waals surface area (Å²) in [6.07, 6.45) is 0.114. The van der Waals surface area contributed by atoms with Gasteiger partial charge in [-0.25, -0.2) is 13.6 Å². The zero-order valence-corrected chi connectivity index (χ0v) is 17.0. The number of ether oxygens (including phenoxy) is 1. The van der Waals surface area contributed by atoms with Gasteiger partial charge in [0.1, 0.15) is 11.6 Å². The van der Waals surface area contributed by atoms with E-state index < -0.39 is 35.2 Å². The van der Waals surface area contributed by atoms with Crippen molar-refractivity contribution in [2.24, 2.45) is 0 Å². The largest absolute Gasteiger partial charge is 0.490 e. The second-order valence-corrected chi connectivity index (χ2v) is 7.19. The summed E-state index contributed by atoms with van der Waals surface area (Å²) in [5, 5.41) is 1.87. The molecule has 0 aliphatic rings. The van der Waals surface area contributed by atoms with Crippen molar-refractivity contribution >= 4 is 16.6 Å². The van der Waals surface area contributed by atoms with Crippen molar-refractivity contribution in [3.63, 3.8) is 0 Å². The van der Waals surface area contributed by atoms with E-state index >= 15 is 0 Å². The predicted molar refractivity (Wildman–Crippen MR) is 115 cm³/mol. The fourth-order valence-corrected chi connectivity index (χ4v) is 3.72. The van der Waals surface area contributed by atoms with Crippen molar-refractivity contribution in [1.82, 2.24) is 9.55 Å². The Bertz CT molecular complexity index is 1450. The molecule has 0 spiro atoms. The highest BCUT2D eigenvalue weighted by Gasteiger charge is 2.21. The van der Waals surface area contributed by atoms with Crippen LogP contribution in [0.4, 0.5) is 8.78 Å². The number of carbonyl (C=O) groups excluding carboxylic acids is 1. The molecule has 3 aromatic carbocycles. The average molecular weight is 436 g/mol. The molecule has 0 saturated heterocycles. The third-order valence-corrected chi connectivity index (χ3v) is 5.23. The maximum absolute atomic E-state index is 14.1. The zero-order chi connectivity index (χ0) is 22.8. The highest BCUT2D eigenvalue weighted by molar-refractivity contribution is 5.96. The van der Waals surface area contributed by atoms with E-state index in [9.17, 15) is 23.2 Å². The maximum atomic E-state index is 14.1. The van der Waals surface area contributed by atoms with E-state index in [1.807, 2.05) is 42.5 Å². The number of H-pyrrole nitrogens is 1. The van der Waals surface area contributed by atoms with Crippen molar-refractivity contribution in [1.29, 1.82) is 0 Å². The van der Waals surface area contributed by atoms with Crippen molar-refractivity contribution in [2.75, 3.05) is 7.11 Å². The fraction of sp³-hybridized carbons (Fsp3) is 0.125. The molecule has 1 N–H and O–H groups in total. The van der Waals surface area contributed by atoms with E-state index in [-0.39, 0.29) is 23.4 Å². The van der Waals surface area contributed by atoms with Gasteiger partial charge in [-0.15, -0.1) is 0 Å². The van der Waals surface area contributed by atoms with Gasteiger partial charge in [-0.05, 0) is 28.5 Å². The first-order chi connectivity index (χ1) is 15.4. The second-order valence-electron chi connectivity index (χ2n) is 7.19. The summed E-state index contributed by atoms with van der Waals surface area (Å²) in [5.41, 5.74) is -0.945. The molecule has 0 saturated carbocycles. The first-order valence-corrected chi connectivity index (χ1v) is 9.74. The Kier molecular flexibility index (Phi) is 5.68. The number of aromatic amines is 1. The van der Waals surface area contributed by atoms with Gasteiger partial charge in [-0.1, -0.05) is 42.5 Å². The molecule has 6 nitrogen and oxygen atoms in total. The topological polar surface area (TPSA) is 81.2 Å². The van der Waals surface area contributed by atoms with E-state index in [4.69, 9.17) is 4.74 Å². The van der Waals surface area contributed by atoms with Crippen molar-refractivity contribution in [3.05, 3.63) is 110 Å². The van der Waals surface area contributed by atoms with Gasteiger partial charge in [0.2, 0.25) is 5.75 Å². The third kappa shape index (κ3) is 3.94. The summed E-state index contributed by atoms with van der Waals surface area (Å²) < 4.78 is 33.6. The molecule has 0 aliphatic heterocycles. The van der Waals surface area contributed by atoms with Gasteiger partial charge in [0.25, 0.3) is 5.56 Å². The van der Waals surface area contributed by atoms with Crippen molar-refractivity contribution in [3.8, 4) is 5.75 Å². The van der Waals surface area contributed by atoms with Crippen LogP contribution in [0, 0.1) is 11.6 Å². The number of ketones is 1. The second kappa shape index (κ2) is 8.58. The summed E-state index contributed by atoms with van der Waals surface area (Å²) in [6.45, 7) is -0.561. The maximum Gasteiger partial charge on any atom is 0.329 e. The van der Waals surface area contributed by atoms with Gasteiger partial charge in [0.15, 0.2) is 5.78 Å². The van der Waals surface area contributed by atoms with Gasteiger partial charge in [-0.3, -0.25) is 19.1 Å². The van der Waals surface area contributed by atoms with Gasteiger partial charge >= 0.3 is 5.69 Å². The van der Waals surface area contributed by atoms with Crippen molar-refractivity contribution < 1.29 is 18.3 Å². The highest BCUT2D eigenvalue weighted by Crippen LogP contribution is 2.24. The molecule has 0 aliphatic carbocycles. The van der Waals surface area contributed by atoms with Crippen LogP contribution in [0.25, 0.3) is 10.8 Å². The Morgan fingerprint density at radius 3 is 2.53 bits per heavy atom. The molecule has 32 heavy (non-hydrogen) atoms. The number of fused-ring (bicyclic) bond motifs is 1. The summed E-state index contributed by atoms with van der Waals surface area (Å²) >= 11 is 0. The number of hydrogen-bond acceptors (Lipinski definition) is 4. The molecule has 4 aromatic rings. The standard InChI is InChI=1S/C24H18F2N2O4/c1-32-22-20(11-15-7-4-6-14-5-2-3-8-17(14)15)28(24(31)27-23(22)30)13-21(29)18-10-9-16(25)12-19(18)26/h2-10,12H,11,13H2,1H3,(H,27,30,31). The normalized spacial score (nSPS) is 11.0. The minimum atomic E-state index is -1.03. The molecular formula is C24H18F2N2O4. The Morgan fingerprint density at radius 1 is 1.03 bits per heavy atom. The lowest BCUT2D eigenvalue weighted by Gasteiger charge is -2.16. The van der Waals surface area contributed by atoms with Gasteiger partial charge in [-0.2, -0.15) is 0 Å². The van der Waals surface area contributed by atoms with Crippen LogP contribution in [-0.4, -0.2) is 22.4 Å². The molecule has 0 amide bonds. The number of nitrogens with zero attached hydrogens (tertiary/aromatic N) is 1. The van der Waals surface area contributed by atoms with E-state index in [0.29, 0.717) is 6.07 Å². The number of halogens is 2. The first-order valence-electron chi connectivity index (χ1n) is 9.74. The number of benzene rings is 3. The SMILES string of the molecule is COc1c(Cc2cccc3ccccc23)n(CC(=O)c2ccc(F)cc2F)c(=O)[nH]c1=O. The van der Waals surface area contributed by atoms with Crippen molar-refractivity contribution in [2.45, 2.75) is 13.0 Å². The number of rotatable bonds is 6. The fourth-order valence-electron chi connectivity index (χ4n) is 3.72. The van der Waals surface area contributed by atoms with E-state index in [1.165, 1.54) is 7.11 Å². The minimum Gasteiger partial charge on any atom is -0.490 e. The van der Waals surface area contributed by atoms with Gasteiger partial charge < -0.3 is 4.74 Å².